The van der Waals surface area contributed by atoms with E-state index in [0.717, 1.165) is 4.88 Å². The van der Waals surface area contributed by atoms with Gasteiger partial charge in [-0.25, -0.2) is 0 Å². The van der Waals surface area contributed by atoms with E-state index in [1.54, 1.807) is 17.4 Å². The summed E-state index contributed by atoms with van der Waals surface area (Å²) in [7, 11) is 0. The molecule has 2 rings (SSSR count). The third-order valence-corrected chi connectivity index (χ3v) is 3.50. The Kier molecular flexibility index (Phi) is 4.63. The lowest BCUT2D eigenvalue weighted by Crippen LogP contribution is -2.04. The molecule has 0 bridgehead atoms. The Balaban J connectivity index is 1.98. The Morgan fingerprint density at radius 2 is 2.11 bits per heavy atom. The van der Waals surface area contributed by atoms with Gasteiger partial charge in [0, 0.05) is 16.9 Å². The third-order valence-electron chi connectivity index (χ3n) is 2.56. The van der Waals surface area contributed by atoms with E-state index in [0.29, 0.717) is 18.4 Å². The number of carbonyl (C=O) groups is 1. The lowest BCUT2D eigenvalue weighted by molar-refractivity contribution is -0.0498. The third kappa shape index (κ3) is 4.13. The van der Waals surface area contributed by atoms with E-state index in [9.17, 15) is 13.6 Å². The molecule has 0 aliphatic rings. The van der Waals surface area contributed by atoms with Gasteiger partial charge in [0.25, 0.3) is 0 Å². The summed E-state index contributed by atoms with van der Waals surface area (Å²) in [6.07, 6.45) is 1.02. The maximum atomic E-state index is 12.1. The molecule has 0 spiro atoms. The highest BCUT2D eigenvalue weighted by Crippen LogP contribution is 2.18. The van der Waals surface area contributed by atoms with Crippen molar-refractivity contribution >= 4 is 17.1 Å². The Labute approximate surface area is 113 Å². The summed E-state index contributed by atoms with van der Waals surface area (Å²) in [4.78, 5) is 13.1. The van der Waals surface area contributed by atoms with Crippen LogP contribution < -0.4 is 4.74 Å². The summed E-state index contributed by atoms with van der Waals surface area (Å²) in [6.45, 7) is -2.88. The molecule has 5 heteroatoms. The highest BCUT2D eigenvalue weighted by atomic mass is 32.1. The number of ketones is 1. The zero-order valence-electron chi connectivity index (χ0n) is 10.0. The molecule has 1 heterocycles. The van der Waals surface area contributed by atoms with Crippen molar-refractivity contribution in [1.82, 2.24) is 0 Å². The molecule has 0 atom stereocenters. The van der Waals surface area contributed by atoms with Crippen molar-refractivity contribution in [3.8, 4) is 5.75 Å². The van der Waals surface area contributed by atoms with Crippen molar-refractivity contribution in [3.05, 3.63) is 52.2 Å². The van der Waals surface area contributed by atoms with Crippen LogP contribution in [-0.4, -0.2) is 12.4 Å². The smallest absolute Gasteiger partial charge is 0.387 e. The predicted molar refractivity (Wildman–Crippen MR) is 70.0 cm³/mol. The maximum absolute atomic E-state index is 12.1. The van der Waals surface area contributed by atoms with Gasteiger partial charge in [-0.2, -0.15) is 8.78 Å². The first-order chi connectivity index (χ1) is 9.15. The predicted octanol–water partition coefficient (Wildman–Crippen LogP) is 4.17. The summed E-state index contributed by atoms with van der Waals surface area (Å²) in [5, 5.41) is 1.96. The number of ether oxygens (including phenoxy) is 1. The number of halogens is 2. The molecule has 1 aromatic heterocycles. The number of hydrogen-bond acceptors (Lipinski definition) is 3. The van der Waals surface area contributed by atoms with Gasteiger partial charge in [-0.05, 0) is 30.0 Å². The van der Waals surface area contributed by atoms with Crippen LogP contribution >= 0.6 is 11.3 Å². The number of aryl methyl sites for hydroxylation is 1. The topological polar surface area (TPSA) is 26.3 Å². The van der Waals surface area contributed by atoms with Gasteiger partial charge in [-0.3, -0.25) is 4.79 Å². The molecule has 2 aromatic rings. The number of alkyl halides is 2. The number of Topliss-reactive ketones (excluding diaryl/α,β-unsaturated/α-hetero) is 1. The average molecular weight is 282 g/mol. The lowest BCUT2D eigenvalue weighted by Gasteiger charge is -2.06. The van der Waals surface area contributed by atoms with E-state index in [1.165, 1.54) is 18.2 Å². The Morgan fingerprint density at radius 3 is 2.79 bits per heavy atom. The zero-order chi connectivity index (χ0) is 13.7. The normalized spacial score (nSPS) is 10.7. The van der Waals surface area contributed by atoms with Gasteiger partial charge < -0.3 is 4.74 Å². The van der Waals surface area contributed by atoms with Crippen molar-refractivity contribution in [2.24, 2.45) is 0 Å². The second-order valence-corrected chi connectivity index (χ2v) is 4.94. The molecule has 0 aliphatic carbocycles. The highest BCUT2D eigenvalue weighted by molar-refractivity contribution is 7.09. The molecule has 0 N–H and O–H groups in total. The fourth-order valence-electron chi connectivity index (χ4n) is 1.68. The monoisotopic (exact) mass is 282 g/mol. The molecule has 0 saturated carbocycles. The van der Waals surface area contributed by atoms with Crippen LogP contribution in [0.1, 0.15) is 21.7 Å². The zero-order valence-corrected chi connectivity index (χ0v) is 10.8. The van der Waals surface area contributed by atoms with Gasteiger partial charge in [-0.1, -0.05) is 18.2 Å². The van der Waals surface area contributed by atoms with Gasteiger partial charge in [0.1, 0.15) is 5.75 Å². The summed E-state index contributed by atoms with van der Waals surface area (Å²) in [5.74, 6) is -0.0647. The second-order valence-electron chi connectivity index (χ2n) is 3.91. The minimum atomic E-state index is -2.88. The number of benzene rings is 1. The van der Waals surface area contributed by atoms with Crippen molar-refractivity contribution < 1.29 is 18.3 Å². The molecule has 19 heavy (non-hydrogen) atoms. The number of thiophene rings is 1. The van der Waals surface area contributed by atoms with Gasteiger partial charge in [0.05, 0.1) is 0 Å². The van der Waals surface area contributed by atoms with Crippen molar-refractivity contribution in [2.75, 3.05) is 0 Å². The molecule has 0 saturated heterocycles. The fraction of sp³-hybridized carbons (Fsp3) is 0.214. The van der Waals surface area contributed by atoms with Gasteiger partial charge in [0.2, 0.25) is 0 Å². The van der Waals surface area contributed by atoms with E-state index in [1.807, 2.05) is 17.5 Å². The molecule has 100 valence electrons. The summed E-state index contributed by atoms with van der Waals surface area (Å²) in [5.41, 5.74) is 0.398. The molecule has 0 fully saturated rings. The summed E-state index contributed by atoms with van der Waals surface area (Å²) >= 11 is 1.60. The standard InChI is InChI=1S/C14H12F2O2S/c15-14(16)18-11-4-1-3-10(9-11)13(17)7-6-12-5-2-8-19-12/h1-5,8-9,14H,6-7H2. The van der Waals surface area contributed by atoms with E-state index >= 15 is 0 Å². The van der Waals surface area contributed by atoms with Crippen LogP contribution in [0.2, 0.25) is 0 Å². The van der Waals surface area contributed by atoms with Crippen molar-refractivity contribution in [1.29, 1.82) is 0 Å². The molecule has 1 aromatic carbocycles. The van der Waals surface area contributed by atoms with Crippen LogP contribution in [0.5, 0.6) is 5.75 Å². The lowest BCUT2D eigenvalue weighted by atomic mass is 10.1. The fourth-order valence-corrected chi connectivity index (χ4v) is 2.39. The summed E-state index contributed by atoms with van der Waals surface area (Å²) < 4.78 is 28.4. The van der Waals surface area contributed by atoms with Crippen LogP contribution in [0.25, 0.3) is 0 Å². The molecule has 0 unspecified atom stereocenters. The first-order valence-electron chi connectivity index (χ1n) is 5.75. The van der Waals surface area contributed by atoms with E-state index < -0.39 is 6.61 Å². The number of carbonyl (C=O) groups excluding carboxylic acids is 1. The number of hydrogen-bond donors (Lipinski definition) is 0. The number of rotatable bonds is 6. The molecule has 0 aliphatic heterocycles. The molecular weight excluding hydrogens is 270 g/mol. The summed E-state index contributed by atoms with van der Waals surface area (Å²) in [6, 6.07) is 9.80. The molecule has 0 radical (unpaired) electrons. The second kappa shape index (κ2) is 6.43. The molecule has 2 nitrogen and oxygen atoms in total. The minimum absolute atomic E-state index is 0.0111. The quantitative estimate of drug-likeness (QED) is 0.743. The Hall–Kier alpha value is -1.75. The van der Waals surface area contributed by atoms with Crippen molar-refractivity contribution in [3.63, 3.8) is 0 Å². The SMILES string of the molecule is O=C(CCc1cccs1)c1cccc(OC(F)F)c1. The van der Waals surface area contributed by atoms with Gasteiger partial charge in [-0.15, -0.1) is 11.3 Å². The van der Waals surface area contributed by atoms with Crippen LogP contribution in [-0.2, 0) is 6.42 Å². The average Bonchev–Trinajstić information content (AvgIpc) is 2.88. The first-order valence-corrected chi connectivity index (χ1v) is 6.63. The van der Waals surface area contributed by atoms with Crippen LogP contribution in [0.4, 0.5) is 8.78 Å². The van der Waals surface area contributed by atoms with Gasteiger partial charge in [0.15, 0.2) is 5.78 Å². The van der Waals surface area contributed by atoms with E-state index in [4.69, 9.17) is 0 Å². The molecular formula is C14H12F2O2S. The van der Waals surface area contributed by atoms with Crippen LogP contribution in [0, 0.1) is 0 Å². The molecule has 0 amide bonds. The van der Waals surface area contributed by atoms with E-state index in [-0.39, 0.29) is 11.5 Å². The highest BCUT2D eigenvalue weighted by Gasteiger charge is 2.10. The van der Waals surface area contributed by atoms with Crippen LogP contribution in [0.15, 0.2) is 41.8 Å². The largest absolute Gasteiger partial charge is 0.435 e. The Morgan fingerprint density at radius 1 is 1.26 bits per heavy atom. The Bertz CT molecular complexity index is 538. The van der Waals surface area contributed by atoms with Crippen molar-refractivity contribution in [2.45, 2.75) is 19.5 Å². The van der Waals surface area contributed by atoms with E-state index in [2.05, 4.69) is 4.74 Å². The maximum Gasteiger partial charge on any atom is 0.387 e. The minimum Gasteiger partial charge on any atom is -0.435 e. The first kappa shape index (κ1) is 13.7. The van der Waals surface area contributed by atoms with Crippen LogP contribution in [0.3, 0.4) is 0 Å². The van der Waals surface area contributed by atoms with Gasteiger partial charge >= 0.3 is 6.61 Å².